The second kappa shape index (κ2) is 4.57. The summed E-state index contributed by atoms with van der Waals surface area (Å²) in [5, 5.41) is 12.0. The number of benzene rings is 1. The maximum absolute atomic E-state index is 10.1. The Kier molecular flexibility index (Phi) is 3.16. The summed E-state index contributed by atoms with van der Waals surface area (Å²) in [5.41, 5.74) is 7.51. The van der Waals surface area contributed by atoms with E-state index in [0.717, 1.165) is 16.0 Å². The van der Waals surface area contributed by atoms with E-state index in [0.29, 0.717) is 6.54 Å². The predicted molar refractivity (Wildman–Crippen MR) is 62.7 cm³/mol. The van der Waals surface area contributed by atoms with Gasteiger partial charge in [0.2, 0.25) is 0 Å². The second-order valence-corrected chi connectivity index (χ2v) is 4.35. The largest absolute Gasteiger partial charge is 0.383 e. The third kappa shape index (κ3) is 2.26. The number of aliphatic hydroxyl groups is 1. The molecule has 0 spiro atoms. The fraction of sp³-hybridized carbons (Fsp3) is 0.167. The summed E-state index contributed by atoms with van der Waals surface area (Å²) >= 11 is 1.56. The third-order valence-electron chi connectivity index (χ3n) is 2.32. The third-order valence-corrected chi connectivity index (χ3v) is 3.24. The van der Waals surface area contributed by atoms with Gasteiger partial charge in [0.05, 0.1) is 0 Å². The lowest BCUT2D eigenvalue weighted by atomic mass is 10.1. The molecule has 0 aliphatic rings. The minimum absolute atomic E-state index is 0.505. The van der Waals surface area contributed by atoms with Crippen molar-refractivity contribution < 1.29 is 5.11 Å². The van der Waals surface area contributed by atoms with E-state index in [1.54, 1.807) is 11.3 Å². The molecule has 3 heteroatoms. The van der Waals surface area contributed by atoms with Crippen molar-refractivity contribution in [2.45, 2.75) is 12.6 Å². The van der Waals surface area contributed by atoms with Crippen LogP contribution in [-0.4, -0.2) is 5.11 Å². The molecule has 0 aliphatic heterocycles. The Balaban J connectivity index is 2.29. The van der Waals surface area contributed by atoms with Gasteiger partial charge in [-0.25, -0.2) is 0 Å². The standard InChI is InChI=1S/C12H13NOS/c13-8-9-3-1-4-10(7-9)12(14)11-5-2-6-15-11/h1-7,12,14H,8,13H2. The van der Waals surface area contributed by atoms with E-state index in [1.165, 1.54) is 0 Å². The number of nitrogens with two attached hydrogens (primary N) is 1. The number of thiophene rings is 1. The van der Waals surface area contributed by atoms with Crippen molar-refractivity contribution >= 4 is 11.3 Å². The highest BCUT2D eigenvalue weighted by molar-refractivity contribution is 7.10. The summed E-state index contributed by atoms with van der Waals surface area (Å²) < 4.78 is 0. The van der Waals surface area contributed by atoms with Crippen LogP contribution in [0.25, 0.3) is 0 Å². The Labute approximate surface area is 93.0 Å². The molecule has 15 heavy (non-hydrogen) atoms. The molecule has 0 radical (unpaired) electrons. The number of hydrogen-bond acceptors (Lipinski definition) is 3. The molecule has 1 heterocycles. The van der Waals surface area contributed by atoms with Crippen LogP contribution in [0.3, 0.4) is 0 Å². The maximum atomic E-state index is 10.1. The zero-order chi connectivity index (χ0) is 10.7. The molecular weight excluding hydrogens is 206 g/mol. The minimum Gasteiger partial charge on any atom is -0.383 e. The van der Waals surface area contributed by atoms with E-state index in [1.807, 2.05) is 41.8 Å². The average molecular weight is 219 g/mol. The van der Waals surface area contributed by atoms with Gasteiger partial charge in [-0.15, -0.1) is 11.3 Å². The first-order chi connectivity index (χ1) is 7.31. The topological polar surface area (TPSA) is 46.2 Å². The van der Waals surface area contributed by atoms with Crippen LogP contribution in [0.15, 0.2) is 41.8 Å². The number of aliphatic hydroxyl groups excluding tert-OH is 1. The van der Waals surface area contributed by atoms with Gasteiger partial charge in [-0.05, 0) is 22.6 Å². The molecule has 1 atom stereocenters. The van der Waals surface area contributed by atoms with Crippen LogP contribution in [0.2, 0.25) is 0 Å². The molecule has 0 bridgehead atoms. The van der Waals surface area contributed by atoms with Crippen molar-refractivity contribution in [1.82, 2.24) is 0 Å². The molecule has 0 fully saturated rings. The van der Waals surface area contributed by atoms with Crippen LogP contribution in [0, 0.1) is 0 Å². The Bertz CT molecular complexity index is 425. The lowest BCUT2D eigenvalue weighted by Crippen LogP contribution is -2.01. The normalized spacial score (nSPS) is 12.7. The van der Waals surface area contributed by atoms with E-state index < -0.39 is 6.10 Å². The molecule has 1 aromatic carbocycles. The van der Waals surface area contributed by atoms with E-state index in [-0.39, 0.29) is 0 Å². The first kappa shape index (κ1) is 10.4. The summed E-state index contributed by atoms with van der Waals surface area (Å²) in [6, 6.07) is 11.6. The van der Waals surface area contributed by atoms with E-state index in [9.17, 15) is 5.11 Å². The average Bonchev–Trinajstić information content (AvgIpc) is 2.81. The SMILES string of the molecule is NCc1cccc(C(O)c2cccs2)c1. The van der Waals surface area contributed by atoms with Crippen LogP contribution < -0.4 is 5.73 Å². The molecule has 0 saturated heterocycles. The quantitative estimate of drug-likeness (QED) is 0.832. The molecule has 0 aliphatic carbocycles. The lowest BCUT2D eigenvalue weighted by Gasteiger charge is -2.09. The van der Waals surface area contributed by atoms with Crippen molar-refractivity contribution in [2.75, 3.05) is 0 Å². The molecule has 0 amide bonds. The van der Waals surface area contributed by atoms with Crippen LogP contribution in [0.1, 0.15) is 22.1 Å². The number of rotatable bonds is 3. The van der Waals surface area contributed by atoms with Gasteiger partial charge in [0.15, 0.2) is 0 Å². The first-order valence-corrected chi connectivity index (χ1v) is 5.69. The summed E-state index contributed by atoms with van der Waals surface area (Å²) in [6.07, 6.45) is -0.531. The Morgan fingerprint density at radius 1 is 1.27 bits per heavy atom. The smallest absolute Gasteiger partial charge is 0.113 e. The summed E-state index contributed by atoms with van der Waals surface area (Å²) in [6.45, 7) is 0.505. The van der Waals surface area contributed by atoms with Gasteiger partial charge in [-0.2, -0.15) is 0 Å². The van der Waals surface area contributed by atoms with Crippen molar-refractivity contribution in [1.29, 1.82) is 0 Å². The molecule has 2 aromatic rings. The van der Waals surface area contributed by atoms with Crippen LogP contribution in [-0.2, 0) is 6.54 Å². The second-order valence-electron chi connectivity index (χ2n) is 3.37. The summed E-state index contributed by atoms with van der Waals surface area (Å²) in [7, 11) is 0. The molecular formula is C12H13NOS. The van der Waals surface area contributed by atoms with E-state index >= 15 is 0 Å². The predicted octanol–water partition coefficient (Wildman–Crippen LogP) is 2.29. The fourth-order valence-electron chi connectivity index (χ4n) is 1.50. The highest BCUT2D eigenvalue weighted by Crippen LogP contribution is 2.25. The zero-order valence-electron chi connectivity index (χ0n) is 8.26. The highest BCUT2D eigenvalue weighted by atomic mass is 32.1. The Morgan fingerprint density at radius 2 is 2.13 bits per heavy atom. The molecule has 78 valence electrons. The monoisotopic (exact) mass is 219 g/mol. The minimum atomic E-state index is -0.531. The maximum Gasteiger partial charge on any atom is 0.113 e. The van der Waals surface area contributed by atoms with Crippen molar-refractivity contribution in [3.05, 3.63) is 57.8 Å². The van der Waals surface area contributed by atoms with Crippen molar-refractivity contribution in [2.24, 2.45) is 5.73 Å². The number of hydrogen-bond donors (Lipinski definition) is 2. The van der Waals surface area contributed by atoms with Gasteiger partial charge in [0.25, 0.3) is 0 Å². The Hall–Kier alpha value is -1.16. The van der Waals surface area contributed by atoms with Crippen LogP contribution >= 0.6 is 11.3 Å². The lowest BCUT2D eigenvalue weighted by molar-refractivity contribution is 0.224. The zero-order valence-corrected chi connectivity index (χ0v) is 9.08. The van der Waals surface area contributed by atoms with Crippen molar-refractivity contribution in [3.63, 3.8) is 0 Å². The highest BCUT2D eigenvalue weighted by Gasteiger charge is 2.10. The first-order valence-electron chi connectivity index (χ1n) is 4.81. The van der Waals surface area contributed by atoms with Gasteiger partial charge >= 0.3 is 0 Å². The van der Waals surface area contributed by atoms with Gasteiger partial charge in [0, 0.05) is 11.4 Å². The fourth-order valence-corrected chi connectivity index (χ4v) is 2.24. The molecule has 1 unspecified atom stereocenters. The molecule has 2 nitrogen and oxygen atoms in total. The van der Waals surface area contributed by atoms with E-state index in [2.05, 4.69) is 0 Å². The molecule has 0 saturated carbocycles. The molecule has 3 N–H and O–H groups in total. The van der Waals surface area contributed by atoms with Gasteiger partial charge in [0.1, 0.15) is 6.10 Å². The van der Waals surface area contributed by atoms with Crippen LogP contribution in [0.5, 0.6) is 0 Å². The van der Waals surface area contributed by atoms with Crippen LogP contribution in [0.4, 0.5) is 0 Å². The van der Waals surface area contributed by atoms with Gasteiger partial charge in [-0.1, -0.05) is 30.3 Å². The summed E-state index contributed by atoms with van der Waals surface area (Å²) in [4.78, 5) is 0.962. The molecule has 1 aromatic heterocycles. The van der Waals surface area contributed by atoms with Gasteiger partial charge in [-0.3, -0.25) is 0 Å². The van der Waals surface area contributed by atoms with Gasteiger partial charge < -0.3 is 10.8 Å². The Morgan fingerprint density at radius 3 is 2.80 bits per heavy atom. The summed E-state index contributed by atoms with van der Waals surface area (Å²) in [5.74, 6) is 0. The van der Waals surface area contributed by atoms with Crippen molar-refractivity contribution in [3.8, 4) is 0 Å². The molecule has 2 rings (SSSR count). The van der Waals surface area contributed by atoms with E-state index in [4.69, 9.17) is 5.73 Å².